The van der Waals surface area contributed by atoms with Gasteiger partial charge in [0.2, 0.25) is 5.91 Å². The molecule has 1 atom stereocenters. The molecule has 1 aliphatic heterocycles. The second-order valence-electron chi connectivity index (χ2n) is 6.21. The minimum atomic E-state index is -0.345. The van der Waals surface area contributed by atoms with Gasteiger partial charge in [-0.1, -0.05) is 0 Å². The molecule has 1 saturated heterocycles. The number of morpholine rings is 1. The molecule has 1 aromatic heterocycles. The number of amides is 1. The molecule has 2 rings (SSSR count). The minimum absolute atomic E-state index is 0.0542. The Hall–Kier alpha value is -2.08. The average Bonchev–Trinajstić information content (AvgIpc) is 2.83. The molecule has 6 heteroatoms. The monoisotopic (exact) mass is 348 g/mol. The highest BCUT2D eigenvalue weighted by atomic mass is 16.5. The van der Waals surface area contributed by atoms with Gasteiger partial charge in [-0.25, -0.2) is 4.79 Å². The Kier molecular flexibility index (Phi) is 6.42. The van der Waals surface area contributed by atoms with Crippen LogP contribution in [0.3, 0.4) is 0 Å². The van der Waals surface area contributed by atoms with Gasteiger partial charge < -0.3 is 18.9 Å². The topological polar surface area (TPSA) is 60.8 Å². The minimum Gasteiger partial charge on any atom is -0.462 e. The van der Waals surface area contributed by atoms with Crippen molar-refractivity contribution in [2.75, 3.05) is 26.4 Å². The molecule has 1 aliphatic rings. The first kappa shape index (κ1) is 19.2. The highest BCUT2D eigenvalue weighted by Gasteiger charge is 2.24. The average molecular weight is 348 g/mol. The molecule has 0 bridgehead atoms. The van der Waals surface area contributed by atoms with Crippen LogP contribution in [-0.2, 0) is 20.8 Å². The fourth-order valence-electron chi connectivity index (χ4n) is 3.35. The summed E-state index contributed by atoms with van der Waals surface area (Å²) in [5.41, 5.74) is 3.12. The highest BCUT2D eigenvalue weighted by molar-refractivity contribution is 5.99. The van der Waals surface area contributed by atoms with E-state index >= 15 is 0 Å². The molecular formula is C19H28N2O4. The van der Waals surface area contributed by atoms with E-state index in [9.17, 15) is 9.59 Å². The summed E-state index contributed by atoms with van der Waals surface area (Å²) < 4.78 is 12.6. The fourth-order valence-corrected chi connectivity index (χ4v) is 3.35. The van der Waals surface area contributed by atoms with E-state index in [-0.39, 0.29) is 17.9 Å². The maximum atomic E-state index is 12.5. The van der Waals surface area contributed by atoms with Crippen molar-refractivity contribution < 1.29 is 19.1 Å². The van der Waals surface area contributed by atoms with Crippen LogP contribution in [0.15, 0.2) is 6.08 Å². The smallest absolute Gasteiger partial charge is 0.340 e. The molecule has 0 aliphatic carbocycles. The number of hydrogen-bond acceptors (Lipinski definition) is 4. The van der Waals surface area contributed by atoms with Crippen molar-refractivity contribution in [3.63, 3.8) is 0 Å². The molecule has 0 N–H and O–H groups in total. The summed E-state index contributed by atoms with van der Waals surface area (Å²) in [5.74, 6) is -0.408. The number of nitrogens with zero attached hydrogens (tertiary/aromatic N) is 2. The van der Waals surface area contributed by atoms with E-state index in [1.807, 2.05) is 27.7 Å². The zero-order valence-corrected chi connectivity index (χ0v) is 15.8. The van der Waals surface area contributed by atoms with Crippen molar-refractivity contribution in [3.8, 4) is 0 Å². The number of aromatic nitrogens is 1. The molecule has 25 heavy (non-hydrogen) atoms. The third-order valence-corrected chi connectivity index (χ3v) is 4.67. The lowest BCUT2D eigenvalue weighted by Crippen LogP contribution is -2.46. The number of carbonyl (C=O) groups is 2. The third kappa shape index (κ3) is 3.95. The second kappa shape index (κ2) is 8.34. The summed E-state index contributed by atoms with van der Waals surface area (Å²) in [6, 6.07) is 0.0542. The zero-order chi connectivity index (χ0) is 18.6. The lowest BCUT2D eigenvalue weighted by atomic mass is 10.1. The van der Waals surface area contributed by atoms with Crippen LogP contribution < -0.4 is 0 Å². The number of ether oxygens (including phenoxy) is 2. The van der Waals surface area contributed by atoms with Gasteiger partial charge in [-0.2, -0.15) is 0 Å². The zero-order valence-electron chi connectivity index (χ0n) is 15.8. The van der Waals surface area contributed by atoms with Crippen LogP contribution >= 0.6 is 0 Å². The quantitative estimate of drug-likeness (QED) is 0.606. The van der Waals surface area contributed by atoms with Crippen molar-refractivity contribution in [1.29, 1.82) is 0 Å². The van der Waals surface area contributed by atoms with Crippen molar-refractivity contribution >= 4 is 18.0 Å². The number of hydrogen-bond donors (Lipinski definition) is 0. The van der Waals surface area contributed by atoms with E-state index in [0.29, 0.717) is 31.9 Å². The number of carbonyl (C=O) groups excluding carboxylic acids is 2. The molecule has 0 unspecified atom stereocenters. The van der Waals surface area contributed by atoms with Gasteiger partial charge in [0, 0.05) is 36.1 Å². The maximum Gasteiger partial charge on any atom is 0.340 e. The van der Waals surface area contributed by atoms with Crippen molar-refractivity contribution in [1.82, 2.24) is 9.47 Å². The first-order valence-electron chi connectivity index (χ1n) is 8.85. The molecular weight excluding hydrogens is 320 g/mol. The Bertz CT molecular complexity index is 675. The van der Waals surface area contributed by atoms with Gasteiger partial charge in [0.05, 0.1) is 31.4 Å². The van der Waals surface area contributed by atoms with Gasteiger partial charge in [0.1, 0.15) is 0 Å². The van der Waals surface area contributed by atoms with Crippen LogP contribution in [0.25, 0.3) is 6.08 Å². The Balaban J connectivity index is 2.34. The molecule has 2 heterocycles. The lowest BCUT2D eigenvalue weighted by Gasteiger charge is -2.32. The van der Waals surface area contributed by atoms with Crippen LogP contribution in [-0.4, -0.2) is 53.8 Å². The Morgan fingerprint density at radius 2 is 2.00 bits per heavy atom. The Morgan fingerprint density at radius 1 is 1.28 bits per heavy atom. The van der Waals surface area contributed by atoms with E-state index in [1.165, 1.54) is 0 Å². The molecule has 0 saturated carbocycles. The van der Waals surface area contributed by atoms with Crippen LogP contribution in [0.5, 0.6) is 0 Å². The summed E-state index contributed by atoms with van der Waals surface area (Å²) >= 11 is 0. The van der Waals surface area contributed by atoms with Crippen molar-refractivity contribution in [3.05, 3.63) is 28.6 Å². The summed E-state index contributed by atoms with van der Waals surface area (Å²) in [7, 11) is 0. The first-order chi connectivity index (χ1) is 11.9. The van der Waals surface area contributed by atoms with Crippen LogP contribution in [0, 0.1) is 13.8 Å². The molecule has 1 aromatic rings. The summed E-state index contributed by atoms with van der Waals surface area (Å²) in [4.78, 5) is 26.7. The molecule has 0 aromatic carbocycles. The van der Waals surface area contributed by atoms with Gasteiger partial charge in [-0.05, 0) is 40.7 Å². The Labute approximate surface area is 149 Å². The predicted octanol–water partition coefficient (Wildman–Crippen LogP) is 2.56. The van der Waals surface area contributed by atoms with Crippen LogP contribution in [0.2, 0.25) is 0 Å². The molecule has 1 amide bonds. The molecule has 0 radical (unpaired) electrons. The summed E-state index contributed by atoms with van der Waals surface area (Å²) in [5, 5.41) is 0. The van der Waals surface area contributed by atoms with Crippen molar-refractivity contribution in [2.45, 2.75) is 47.2 Å². The molecule has 1 fully saturated rings. The maximum absolute atomic E-state index is 12.5. The summed E-state index contributed by atoms with van der Waals surface area (Å²) in [6.07, 6.45) is 3.29. The van der Waals surface area contributed by atoms with Gasteiger partial charge in [-0.3, -0.25) is 4.79 Å². The van der Waals surface area contributed by atoms with E-state index in [0.717, 1.165) is 23.5 Å². The normalized spacial score (nSPS) is 18.0. The Morgan fingerprint density at radius 3 is 2.60 bits per heavy atom. The van der Waals surface area contributed by atoms with Crippen LogP contribution in [0.4, 0.5) is 0 Å². The second-order valence-corrected chi connectivity index (χ2v) is 6.21. The van der Waals surface area contributed by atoms with Crippen molar-refractivity contribution in [2.24, 2.45) is 0 Å². The standard InChI is InChI=1S/C19H28N2O4/c1-6-20-14(4)16(18(15(20)5)19(23)25-7-2)8-9-17(22)21-10-11-24-12-13(21)3/h8-9,13H,6-7,10-12H2,1-5H3/b9-8-/t13-/m0/s1. The predicted molar refractivity (Wildman–Crippen MR) is 96.6 cm³/mol. The van der Waals surface area contributed by atoms with E-state index in [2.05, 4.69) is 4.57 Å². The first-order valence-corrected chi connectivity index (χ1v) is 8.85. The van der Waals surface area contributed by atoms with Gasteiger partial charge in [0.25, 0.3) is 0 Å². The summed E-state index contributed by atoms with van der Waals surface area (Å²) in [6.45, 7) is 12.4. The van der Waals surface area contributed by atoms with E-state index < -0.39 is 0 Å². The molecule has 138 valence electrons. The fraction of sp³-hybridized carbons (Fsp3) is 0.579. The molecule has 0 spiro atoms. The lowest BCUT2D eigenvalue weighted by molar-refractivity contribution is -0.133. The number of esters is 1. The van der Waals surface area contributed by atoms with E-state index in [1.54, 1.807) is 24.0 Å². The largest absolute Gasteiger partial charge is 0.462 e. The number of rotatable bonds is 5. The SMILES string of the molecule is CCOC(=O)c1c(/C=C\C(=O)N2CCOC[C@@H]2C)c(C)n(CC)c1C. The van der Waals surface area contributed by atoms with Gasteiger partial charge in [0.15, 0.2) is 0 Å². The molecule has 6 nitrogen and oxygen atoms in total. The van der Waals surface area contributed by atoms with Gasteiger partial charge >= 0.3 is 5.97 Å². The van der Waals surface area contributed by atoms with E-state index in [4.69, 9.17) is 9.47 Å². The van der Waals surface area contributed by atoms with Gasteiger partial charge in [-0.15, -0.1) is 0 Å². The van der Waals surface area contributed by atoms with Crippen LogP contribution in [0.1, 0.15) is 48.1 Å². The third-order valence-electron chi connectivity index (χ3n) is 4.67. The highest BCUT2D eigenvalue weighted by Crippen LogP contribution is 2.25.